The predicted molar refractivity (Wildman–Crippen MR) is 180 cm³/mol. The molecule has 0 aliphatic heterocycles. The van der Waals surface area contributed by atoms with Crippen molar-refractivity contribution < 1.29 is 24.2 Å². The number of allylic oxidation sites excluding steroid dienone is 4. The summed E-state index contributed by atoms with van der Waals surface area (Å²) in [5.74, 6) is 0.587. The molecule has 3 aromatic rings. The van der Waals surface area contributed by atoms with Gasteiger partial charge in [-0.15, -0.1) is 35.9 Å². The molecule has 1 unspecified atom stereocenters. The van der Waals surface area contributed by atoms with Gasteiger partial charge in [0.2, 0.25) is 0 Å². The van der Waals surface area contributed by atoms with Crippen LogP contribution in [-0.2, 0) is 30.7 Å². The largest absolute Gasteiger partial charge is 0.358 e. The van der Waals surface area contributed by atoms with Crippen LogP contribution < -0.4 is 0 Å². The number of benzene rings is 3. The van der Waals surface area contributed by atoms with Gasteiger partial charge in [-0.25, -0.2) is 6.08 Å². The van der Waals surface area contributed by atoms with Gasteiger partial charge in [-0.1, -0.05) is 83.4 Å². The van der Waals surface area contributed by atoms with Gasteiger partial charge in [-0.05, 0) is 37.0 Å². The molecule has 2 aliphatic rings. The molecule has 2 aliphatic carbocycles. The summed E-state index contributed by atoms with van der Waals surface area (Å²) in [4.78, 5) is 0. The summed E-state index contributed by atoms with van der Waals surface area (Å²) in [6.07, 6.45) is 11.5. The van der Waals surface area contributed by atoms with Crippen LogP contribution in [0.3, 0.4) is 0 Å². The van der Waals surface area contributed by atoms with Crippen molar-refractivity contribution >= 4 is 29.0 Å². The van der Waals surface area contributed by atoms with E-state index in [1.54, 1.807) is 0 Å². The van der Waals surface area contributed by atoms with E-state index in [1.807, 2.05) is 30.3 Å². The van der Waals surface area contributed by atoms with Crippen molar-refractivity contribution in [1.29, 1.82) is 0 Å². The van der Waals surface area contributed by atoms with Gasteiger partial charge >= 0.3 is 28.4 Å². The minimum absolute atomic E-state index is 0. The second-order valence-electron chi connectivity index (χ2n) is 10.9. The van der Waals surface area contributed by atoms with E-state index < -0.39 is 0 Å². The fourth-order valence-electron chi connectivity index (χ4n) is 4.44. The van der Waals surface area contributed by atoms with E-state index in [-0.39, 0.29) is 32.2 Å². The van der Waals surface area contributed by atoms with Gasteiger partial charge in [0, 0.05) is 0 Å². The van der Waals surface area contributed by atoms with Crippen LogP contribution in [0.2, 0.25) is 0 Å². The van der Waals surface area contributed by atoms with Crippen LogP contribution in [0.5, 0.6) is 0 Å². The first-order chi connectivity index (χ1) is 17.6. The smallest absolute Gasteiger partial charge is 0.171 e. The number of hydrogen-bond acceptors (Lipinski definition) is 0. The summed E-state index contributed by atoms with van der Waals surface area (Å²) in [5.41, 5.74) is 12.8. The summed E-state index contributed by atoms with van der Waals surface area (Å²) in [6, 6.07) is 23.0. The normalized spacial score (nSPS) is 13.5. The summed E-state index contributed by atoms with van der Waals surface area (Å²) in [6.45, 7) is 17.7. The second kappa shape index (κ2) is 19.6. The van der Waals surface area contributed by atoms with E-state index in [4.69, 9.17) is 0 Å². The van der Waals surface area contributed by atoms with Crippen molar-refractivity contribution in [3.05, 3.63) is 125 Å². The Morgan fingerprint density at radius 2 is 1.45 bits per heavy atom. The Labute approximate surface area is 273 Å². The molecule has 218 valence electrons. The SMILES string of the molecule is CCCC1[C-]=CC(C(C)(C)C)=C1.Cc1[c-]c2c(cc1C)-c1cc(C)c(C)cc1C2.Cl.Cl.[CH2]=[Zr].[CH3-].[c-]1ccccc1. The summed E-state index contributed by atoms with van der Waals surface area (Å²) >= 11 is 1.30. The maximum Gasteiger partial charge on any atom is -0.171 e. The van der Waals surface area contributed by atoms with E-state index in [0.717, 1.165) is 6.42 Å². The van der Waals surface area contributed by atoms with Gasteiger partial charge in [-0.2, -0.15) is 71.3 Å². The fourth-order valence-corrected chi connectivity index (χ4v) is 4.44. The zero-order valence-corrected chi connectivity index (χ0v) is 30.1. The van der Waals surface area contributed by atoms with E-state index >= 15 is 0 Å². The zero-order chi connectivity index (χ0) is 27.6. The standard InChI is InChI=1S/C17H17.C12H19.C6H5.CH3.CH2.2ClH.Zr/c1-10-5-14-9-15-6-11(2)13(4)8-17(15)16(14)7-12(10)3;1-5-6-10-7-8-11(9-10)12(2,3)4;1-2-4-6-5-3-1;;;;;/h5,7-8H,9H2,1-4H3;8-10H,5-6H2,1-4H3;1-5H;1H3;1H2;2*1H;/q4*-1;;;;. The molecule has 3 aromatic carbocycles. The Balaban J connectivity index is 0. The van der Waals surface area contributed by atoms with Gasteiger partial charge < -0.3 is 7.43 Å². The first-order valence-electron chi connectivity index (χ1n) is 13.3. The van der Waals surface area contributed by atoms with E-state index in [9.17, 15) is 0 Å². The summed E-state index contributed by atoms with van der Waals surface area (Å²) < 4.78 is 3.34. The summed E-state index contributed by atoms with van der Waals surface area (Å²) in [5, 5.41) is 0. The maximum absolute atomic E-state index is 3.54. The number of hydrogen-bond donors (Lipinski definition) is 0. The molecule has 3 heteroatoms. The first kappa shape index (κ1) is 40.6. The molecule has 0 amide bonds. The third-order valence-electron chi connectivity index (χ3n) is 6.90. The average Bonchev–Trinajstić information content (AvgIpc) is 3.48. The molecule has 5 rings (SSSR count). The molecule has 0 fully saturated rings. The molecule has 0 heterocycles. The fraction of sp³-hybridized carbons (Fsp3) is 0.351. The van der Waals surface area contributed by atoms with Gasteiger partial charge in [0.15, 0.2) is 0 Å². The zero-order valence-electron chi connectivity index (χ0n) is 26.0. The van der Waals surface area contributed by atoms with Crippen LogP contribution in [-0.4, -0.2) is 4.21 Å². The molecular weight excluding hydrogens is 607 g/mol. The Morgan fingerprint density at radius 3 is 1.93 bits per heavy atom. The minimum Gasteiger partial charge on any atom is -0.358 e. The maximum atomic E-state index is 3.54. The minimum atomic E-state index is 0. The molecule has 0 spiro atoms. The van der Waals surface area contributed by atoms with Gasteiger partial charge in [0.1, 0.15) is 0 Å². The van der Waals surface area contributed by atoms with Crippen molar-refractivity contribution in [3.63, 3.8) is 0 Å². The molecule has 0 nitrogen and oxygen atoms in total. The Bertz CT molecular complexity index is 1130. The van der Waals surface area contributed by atoms with Crippen molar-refractivity contribution in [3.8, 4) is 11.1 Å². The molecular formula is C37H48Cl2Zr-4. The molecule has 1 atom stereocenters. The van der Waals surface area contributed by atoms with Crippen LogP contribution in [0.25, 0.3) is 11.1 Å². The molecule has 0 aromatic heterocycles. The van der Waals surface area contributed by atoms with E-state index in [2.05, 4.69) is 108 Å². The third-order valence-corrected chi connectivity index (χ3v) is 6.90. The van der Waals surface area contributed by atoms with E-state index in [1.165, 1.54) is 87.2 Å². The van der Waals surface area contributed by atoms with Crippen LogP contribution >= 0.6 is 24.8 Å². The van der Waals surface area contributed by atoms with Crippen LogP contribution in [0.4, 0.5) is 0 Å². The van der Waals surface area contributed by atoms with E-state index in [0.29, 0.717) is 11.3 Å². The number of rotatable bonds is 2. The topological polar surface area (TPSA) is 0 Å². The van der Waals surface area contributed by atoms with Gasteiger partial charge in [-0.3, -0.25) is 6.08 Å². The second-order valence-corrected chi connectivity index (χ2v) is 10.9. The van der Waals surface area contributed by atoms with Gasteiger partial charge in [0.25, 0.3) is 0 Å². The third kappa shape index (κ3) is 11.8. The van der Waals surface area contributed by atoms with Crippen LogP contribution in [0.1, 0.15) is 73.9 Å². The predicted octanol–water partition coefficient (Wildman–Crippen LogP) is 10.8. The molecule has 0 saturated heterocycles. The molecule has 0 N–H and O–H groups in total. The Morgan fingerprint density at radius 1 is 0.875 bits per heavy atom. The molecule has 40 heavy (non-hydrogen) atoms. The van der Waals surface area contributed by atoms with Crippen molar-refractivity contribution in [2.24, 2.45) is 11.3 Å². The first-order valence-corrected chi connectivity index (χ1v) is 15.0. The number of halogens is 2. The van der Waals surface area contributed by atoms with Crippen molar-refractivity contribution in [1.82, 2.24) is 0 Å². The number of aryl methyl sites for hydroxylation is 4. The Hall–Kier alpha value is -1.53. The van der Waals surface area contributed by atoms with Crippen molar-refractivity contribution in [2.45, 2.75) is 74.7 Å². The summed E-state index contributed by atoms with van der Waals surface area (Å²) in [7, 11) is 0. The van der Waals surface area contributed by atoms with Crippen LogP contribution in [0, 0.1) is 64.7 Å². The van der Waals surface area contributed by atoms with Crippen LogP contribution in [0.15, 0.2) is 66.3 Å². The van der Waals surface area contributed by atoms with Crippen molar-refractivity contribution in [2.75, 3.05) is 0 Å². The monoisotopic (exact) mass is 652 g/mol. The van der Waals surface area contributed by atoms with Gasteiger partial charge in [0.05, 0.1) is 0 Å². The molecule has 0 radical (unpaired) electrons. The number of fused-ring (bicyclic) bond motifs is 3. The molecule has 0 bridgehead atoms. The average molecular weight is 655 g/mol. The molecule has 0 saturated carbocycles. The quantitative estimate of drug-likeness (QED) is 0.189. The Kier molecular flexibility index (Phi) is 19.9.